The number of anilines is 1. The Kier molecular flexibility index (Phi) is 2.47. The van der Waals surface area contributed by atoms with Gasteiger partial charge in [-0.3, -0.25) is 29.4 Å². The van der Waals surface area contributed by atoms with E-state index in [1.165, 1.54) is 5.32 Å². The number of halogens is 2. The Morgan fingerprint density at radius 1 is 1.04 bits per heavy atom. The van der Waals surface area contributed by atoms with Crippen molar-refractivity contribution in [1.29, 1.82) is 0 Å². The van der Waals surface area contributed by atoms with Gasteiger partial charge in [0.05, 0.1) is 22.3 Å². The number of piperazine rings is 1. The first-order valence-corrected chi connectivity index (χ1v) is 7.70. The summed E-state index contributed by atoms with van der Waals surface area (Å²) in [5.41, 5.74) is -3.75. The van der Waals surface area contributed by atoms with Gasteiger partial charge in [0.1, 0.15) is 17.7 Å². The van der Waals surface area contributed by atoms with E-state index in [1.54, 1.807) is 0 Å². The summed E-state index contributed by atoms with van der Waals surface area (Å²) < 4.78 is 94.1. The summed E-state index contributed by atoms with van der Waals surface area (Å²) in [6.07, 6.45) is -0.646. The largest absolute Gasteiger partial charge is 0.366 e. The Bertz CT molecular complexity index is 1190. The van der Waals surface area contributed by atoms with E-state index < -0.39 is 84.1 Å². The zero-order valence-electron chi connectivity index (χ0n) is 21.4. The van der Waals surface area contributed by atoms with Gasteiger partial charge < -0.3 is 10.2 Å². The molecule has 2 saturated heterocycles. The van der Waals surface area contributed by atoms with Crippen LogP contribution in [0.5, 0.6) is 0 Å². The fourth-order valence-electron chi connectivity index (χ4n) is 3.13. The fraction of sp³-hybridized carbons (Fsp3) is 0.412. The summed E-state index contributed by atoms with van der Waals surface area (Å²) in [6.45, 7) is -14.0. The number of benzene rings is 1. The molecule has 1 aromatic carbocycles. The van der Waals surface area contributed by atoms with Crippen LogP contribution in [0.15, 0.2) is 6.07 Å². The topological polar surface area (TPSA) is 98.8 Å². The Morgan fingerprint density at radius 2 is 1.70 bits per heavy atom. The van der Waals surface area contributed by atoms with E-state index in [-0.39, 0.29) is 28.7 Å². The van der Waals surface area contributed by atoms with Gasteiger partial charge in [0.15, 0.2) is 0 Å². The molecule has 0 bridgehead atoms. The predicted molar refractivity (Wildman–Crippen MR) is 88.1 cm³/mol. The van der Waals surface area contributed by atoms with Crippen molar-refractivity contribution in [3.05, 3.63) is 28.8 Å². The molecule has 0 radical (unpaired) electrons. The van der Waals surface area contributed by atoms with E-state index in [0.29, 0.717) is 0 Å². The number of carbonyl (C=O) groups is 4. The van der Waals surface area contributed by atoms with Gasteiger partial charge in [0, 0.05) is 44.0 Å². The molecule has 1 unspecified atom stereocenters. The van der Waals surface area contributed by atoms with Crippen LogP contribution in [-0.2, 0) is 9.59 Å². The molecule has 1 atom stereocenters. The van der Waals surface area contributed by atoms with Crippen LogP contribution < -0.4 is 15.5 Å². The quantitative estimate of drug-likeness (QED) is 0.682. The number of nitrogens with one attached hydrogen (secondary N) is 2. The van der Waals surface area contributed by atoms with Crippen molar-refractivity contribution in [1.82, 2.24) is 15.5 Å². The lowest BCUT2D eigenvalue weighted by Crippen LogP contribution is -2.54. The van der Waals surface area contributed by atoms with Crippen molar-refractivity contribution in [3.63, 3.8) is 0 Å². The number of carbonyl (C=O) groups excluding carboxylic acids is 4. The fourth-order valence-corrected chi connectivity index (χ4v) is 3.13. The molecular formula is C17H16F2N4O4. The first-order valence-electron chi connectivity index (χ1n) is 11.7. The number of imide groups is 2. The molecule has 1 aromatic rings. The molecule has 4 rings (SSSR count). The summed E-state index contributed by atoms with van der Waals surface area (Å²) in [6, 6.07) is -1.57. The number of rotatable bonds is 2. The van der Waals surface area contributed by atoms with Gasteiger partial charge in [-0.05, 0) is 6.42 Å². The van der Waals surface area contributed by atoms with E-state index >= 15 is 4.39 Å². The van der Waals surface area contributed by atoms with Crippen LogP contribution >= 0.6 is 0 Å². The first kappa shape index (κ1) is 10.5. The summed E-state index contributed by atoms with van der Waals surface area (Å²) in [5, 5.41) is 3.43. The van der Waals surface area contributed by atoms with Crippen LogP contribution in [0, 0.1) is 11.6 Å². The van der Waals surface area contributed by atoms with Crippen LogP contribution in [0.1, 0.15) is 44.5 Å². The lowest BCUT2D eigenvalue weighted by Gasteiger charge is -2.31. The highest BCUT2D eigenvalue weighted by atomic mass is 19.1. The van der Waals surface area contributed by atoms with E-state index in [2.05, 4.69) is 0 Å². The zero-order valence-corrected chi connectivity index (χ0v) is 13.4. The standard InChI is InChI=1S/C17H16F2N4O4/c18-8-7-9(19)14(22-5-3-20-4-6-22)13-12(8)16(26)23(17(13)27)10-1-2-11(24)21-15(10)25/h7,10,20H,1-6H2,(H,21,24,25)/i3D2,4D2,5D2,6D2. The molecule has 10 heteroatoms. The smallest absolute Gasteiger partial charge is 0.265 e. The minimum Gasteiger partial charge on any atom is -0.366 e. The third-order valence-corrected chi connectivity index (χ3v) is 4.28. The lowest BCUT2D eigenvalue weighted by atomic mass is 10.0. The minimum absolute atomic E-state index is 0.0483. The molecular weight excluding hydrogens is 362 g/mol. The Balaban J connectivity index is 1.97. The highest BCUT2D eigenvalue weighted by Gasteiger charge is 2.48. The van der Waals surface area contributed by atoms with Crippen molar-refractivity contribution in [2.75, 3.05) is 30.9 Å². The second kappa shape index (κ2) is 6.38. The van der Waals surface area contributed by atoms with Crippen molar-refractivity contribution in [2.24, 2.45) is 0 Å². The van der Waals surface area contributed by atoms with Gasteiger partial charge in [-0.1, -0.05) is 0 Å². The van der Waals surface area contributed by atoms with Gasteiger partial charge in [0.25, 0.3) is 11.8 Å². The van der Waals surface area contributed by atoms with Gasteiger partial charge in [-0.2, -0.15) is 0 Å². The highest BCUT2D eigenvalue weighted by Crippen LogP contribution is 2.37. The number of nitrogens with zero attached hydrogens (tertiary/aromatic N) is 2. The Morgan fingerprint density at radius 3 is 2.37 bits per heavy atom. The average molecular weight is 386 g/mol. The SMILES string of the molecule is [2H]C1([2H])NC([2H])([2H])C([2H])([2H])N(c2c(F)cc(F)c3c2C(=O)N(C2CCC(=O)NC2=O)C3=O)C1([2H])[2H]. The van der Waals surface area contributed by atoms with Crippen LogP contribution in [-0.4, -0.2) is 60.6 Å². The number of fused-ring (bicyclic) bond motifs is 1. The molecule has 2 N–H and O–H groups in total. The second-order valence-electron chi connectivity index (χ2n) is 5.82. The molecule has 4 amide bonds. The van der Waals surface area contributed by atoms with E-state index in [9.17, 15) is 23.6 Å². The van der Waals surface area contributed by atoms with Crippen molar-refractivity contribution >= 4 is 29.3 Å². The normalized spacial score (nSPS) is 34.8. The van der Waals surface area contributed by atoms with Crippen molar-refractivity contribution in [2.45, 2.75) is 18.9 Å². The number of amides is 4. The number of hydrogen-bond acceptors (Lipinski definition) is 6. The molecule has 142 valence electrons. The van der Waals surface area contributed by atoms with Crippen LogP contribution in [0.3, 0.4) is 0 Å². The lowest BCUT2D eigenvalue weighted by molar-refractivity contribution is -0.136. The van der Waals surface area contributed by atoms with Gasteiger partial charge >= 0.3 is 0 Å². The molecule has 3 aliphatic rings. The molecule has 27 heavy (non-hydrogen) atoms. The molecule has 0 aromatic heterocycles. The third-order valence-electron chi connectivity index (χ3n) is 4.28. The van der Waals surface area contributed by atoms with Crippen molar-refractivity contribution in [3.8, 4) is 0 Å². The molecule has 0 saturated carbocycles. The highest BCUT2D eigenvalue weighted by molar-refractivity contribution is 6.25. The van der Waals surface area contributed by atoms with Gasteiger partial charge in [0.2, 0.25) is 11.8 Å². The van der Waals surface area contributed by atoms with Crippen LogP contribution in [0.4, 0.5) is 14.5 Å². The summed E-state index contributed by atoms with van der Waals surface area (Å²) in [4.78, 5) is 49.9. The predicted octanol–water partition coefficient (Wildman–Crippen LogP) is -0.224. The third kappa shape index (κ3) is 2.67. The maximum Gasteiger partial charge on any atom is 0.265 e. The minimum atomic E-state index is -3.60. The van der Waals surface area contributed by atoms with E-state index in [4.69, 9.17) is 11.0 Å². The maximum absolute atomic E-state index is 15.2. The van der Waals surface area contributed by atoms with Gasteiger partial charge in [-0.15, -0.1) is 0 Å². The van der Waals surface area contributed by atoms with Crippen LogP contribution in [0.25, 0.3) is 0 Å². The average Bonchev–Trinajstić information content (AvgIpc) is 2.94. The molecule has 8 nitrogen and oxygen atoms in total. The number of hydrogen-bond donors (Lipinski definition) is 2. The van der Waals surface area contributed by atoms with E-state index in [1.807, 2.05) is 5.32 Å². The maximum atomic E-state index is 15.2. The van der Waals surface area contributed by atoms with Gasteiger partial charge in [-0.25, -0.2) is 8.78 Å². The molecule has 2 fully saturated rings. The molecule has 3 heterocycles. The van der Waals surface area contributed by atoms with E-state index in [0.717, 1.165) is 0 Å². The zero-order chi connectivity index (χ0) is 26.5. The Labute approximate surface area is 163 Å². The van der Waals surface area contributed by atoms with Crippen LogP contribution in [0.2, 0.25) is 0 Å². The monoisotopic (exact) mass is 386 g/mol. The van der Waals surface area contributed by atoms with Crippen molar-refractivity contribution < 1.29 is 38.9 Å². The number of piperidine rings is 1. The molecule has 0 spiro atoms. The molecule has 3 aliphatic heterocycles. The summed E-state index contributed by atoms with van der Waals surface area (Å²) >= 11 is 0. The second-order valence-corrected chi connectivity index (χ2v) is 5.82. The Hall–Kier alpha value is -2.88. The summed E-state index contributed by atoms with van der Waals surface area (Å²) in [7, 11) is 0. The first-order chi connectivity index (χ1) is 15.9. The molecule has 0 aliphatic carbocycles. The summed E-state index contributed by atoms with van der Waals surface area (Å²) in [5.74, 6) is -8.14.